The third kappa shape index (κ3) is 4.67. The molecule has 1 atom stereocenters. The third-order valence-corrected chi connectivity index (χ3v) is 3.15. The first-order chi connectivity index (χ1) is 9.28. The molecule has 5 heteroatoms. The second-order valence-corrected chi connectivity index (χ2v) is 4.81. The summed E-state index contributed by atoms with van der Waals surface area (Å²) in [6.07, 6.45) is 5.03. The van der Waals surface area contributed by atoms with Gasteiger partial charge in [-0.25, -0.2) is 4.98 Å². The van der Waals surface area contributed by atoms with Crippen molar-refractivity contribution in [3.8, 4) is 5.88 Å². The minimum atomic E-state index is 0.387. The van der Waals surface area contributed by atoms with Crippen molar-refractivity contribution in [2.75, 3.05) is 25.1 Å². The highest BCUT2D eigenvalue weighted by Gasteiger charge is 2.13. The predicted molar refractivity (Wildman–Crippen MR) is 74.6 cm³/mol. The van der Waals surface area contributed by atoms with Gasteiger partial charge in [-0.1, -0.05) is 0 Å². The van der Waals surface area contributed by atoms with Crippen molar-refractivity contribution in [3.05, 3.63) is 11.8 Å². The molecule has 1 unspecified atom stereocenters. The summed E-state index contributed by atoms with van der Waals surface area (Å²) in [5.41, 5.74) is 0.912. The van der Waals surface area contributed by atoms with E-state index in [-0.39, 0.29) is 0 Å². The Morgan fingerprint density at radius 3 is 3.05 bits per heavy atom. The zero-order valence-electron chi connectivity index (χ0n) is 11.8. The van der Waals surface area contributed by atoms with E-state index in [2.05, 4.69) is 15.3 Å². The Bertz CT molecular complexity index is 392. The highest BCUT2D eigenvalue weighted by molar-refractivity contribution is 5.30. The standard InChI is InChI=1S/C14H23N3O2/c1-3-18-13-10-11(2)16-14(17-13)15-8-7-12-6-4-5-9-19-12/h10,12H,3-9H2,1-2H3,(H,15,16,17). The van der Waals surface area contributed by atoms with Crippen molar-refractivity contribution >= 4 is 5.95 Å². The van der Waals surface area contributed by atoms with Gasteiger partial charge in [0.05, 0.1) is 12.7 Å². The number of rotatable bonds is 6. The lowest BCUT2D eigenvalue weighted by Crippen LogP contribution is -2.22. The van der Waals surface area contributed by atoms with Crippen LogP contribution in [0.4, 0.5) is 5.95 Å². The van der Waals surface area contributed by atoms with Crippen LogP contribution >= 0.6 is 0 Å². The van der Waals surface area contributed by atoms with E-state index in [1.165, 1.54) is 19.3 Å². The quantitative estimate of drug-likeness (QED) is 0.856. The van der Waals surface area contributed by atoms with E-state index in [0.717, 1.165) is 25.3 Å². The second-order valence-electron chi connectivity index (χ2n) is 4.81. The maximum Gasteiger partial charge on any atom is 0.226 e. The SMILES string of the molecule is CCOc1cc(C)nc(NCCC2CCCCO2)n1. The molecule has 5 nitrogen and oxygen atoms in total. The molecule has 1 aromatic rings. The minimum Gasteiger partial charge on any atom is -0.478 e. The number of aromatic nitrogens is 2. The van der Waals surface area contributed by atoms with Crippen LogP contribution in [0.3, 0.4) is 0 Å². The van der Waals surface area contributed by atoms with Crippen LogP contribution in [-0.2, 0) is 4.74 Å². The first-order valence-corrected chi connectivity index (χ1v) is 7.12. The van der Waals surface area contributed by atoms with Gasteiger partial charge >= 0.3 is 0 Å². The smallest absolute Gasteiger partial charge is 0.226 e. The molecule has 0 spiro atoms. The molecule has 106 valence electrons. The average Bonchev–Trinajstić information content (AvgIpc) is 2.40. The Labute approximate surface area is 114 Å². The maximum absolute atomic E-state index is 5.70. The van der Waals surface area contributed by atoms with Gasteiger partial charge in [0.2, 0.25) is 11.8 Å². The normalized spacial score (nSPS) is 19.2. The van der Waals surface area contributed by atoms with Crippen molar-refractivity contribution < 1.29 is 9.47 Å². The van der Waals surface area contributed by atoms with Gasteiger partial charge in [0, 0.05) is 24.9 Å². The molecule has 0 saturated carbocycles. The van der Waals surface area contributed by atoms with E-state index >= 15 is 0 Å². The summed E-state index contributed by atoms with van der Waals surface area (Å²) >= 11 is 0. The monoisotopic (exact) mass is 265 g/mol. The molecule has 1 aliphatic rings. The number of hydrogen-bond acceptors (Lipinski definition) is 5. The van der Waals surface area contributed by atoms with E-state index in [0.29, 0.717) is 24.5 Å². The summed E-state index contributed by atoms with van der Waals surface area (Å²) in [6, 6.07) is 1.85. The van der Waals surface area contributed by atoms with Crippen LogP contribution < -0.4 is 10.1 Å². The molecule has 0 radical (unpaired) electrons. The van der Waals surface area contributed by atoms with Gasteiger partial charge in [-0.05, 0) is 39.5 Å². The summed E-state index contributed by atoms with van der Waals surface area (Å²) in [5.74, 6) is 1.27. The molecule has 0 bridgehead atoms. The third-order valence-electron chi connectivity index (χ3n) is 3.15. The topological polar surface area (TPSA) is 56.3 Å². The fourth-order valence-corrected chi connectivity index (χ4v) is 2.22. The highest BCUT2D eigenvalue weighted by atomic mass is 16.5. The Morgan fingerprint density at radius 1 is 1.42 bits per heavy atom. The molecule has 0 amide bonds. The van der Waals surface area contributed by atoms with Gasteiger partial charge < -0.3 is 14.8 Å². The molecule has 0 aromatic carbocycles. The number of aryl methyl sites for hydroxylation is 1. The molecule has 1 aromatic heterocycles. The summed E-state index contributed by atoms with van der Waals surface area (Å²) in [7, 11) is 0. The zero-order valence-corrected chi connectivity index (χ0v) is 11.8. The van der Waals surface area contributed by atoms with E-state index in [4.69, 9.17) is 9.47 Å². The molecule has 2 heterocycles. The van der Waals surface area contributed by atoms with Crippen LogP contribution in [0.15, 0.2) is 6.07 Å². The van der Waals surface area contributed by atoms with Gasteiger partial charge in [0.1, 0.15) is 0 Å². The first-order valence-electron chi connectivity index (χ1n) is 7.12. The van der Waals surface area contributed by atoms with Crippen LogP contribution in [0, 0.1) is 6.92 Å². The predicted octanol–water partition coefficient (Wildman–Crippen LogP) is 2.55. The lowest BCUT2D eigenvalue weighted by atomic mass is 10.1. The Hall–Kier alpha value is -1.36. The van der Waals surface area contributed by atoms with Crippen LogP contribution in [0.25, 0.3) is 0 Å². The molecule has 0 aliphatic carbocycles. The summed E-state index contributed by atoms with van der Waals surface area (Å²) in [4.78, 5) is 8.68. The first kappa shape index (κ1) is 14.1. The van der Waals surface area contributed by atoms with E-state index in [1.807, 2.05) is 19.9 Å². The van der Waals surface area contributed by atoms with Crippen LogP contribution in [0.1, 0.15) is 38.3 Å². The highest BCUT2D eigenvalue weighted by Crippen LogP contribution is 2.16. The van der Waals surface area contributed by atoms with Gasteiger partial charge in [0.15, 0.2) is 0 Å². The Morgan fingerprint density at radius 2 is 2.32 bits per heavy atom. The molecule has 19 heavy (non-hydrogen) atoms. The van der Waals surface area contributed by atoms with Crippen LogP contribution in [0.2, 0.25) is 0 Å². The zero-order chi connectivity index (χ0) is 13.5. The van der Waals surface area contributed by atoms with Crippen molar-refractivity contribution in [2.24, 2.45) is 0 Å². The molecule has 1 fully saturated rings. The Kier molecular flexibility index (Phi) is 5.39. The Balaban J connectivity index is 1.81. The van der Waals surface area contributed by atoms with Gasteiger partial charge in [-0.15, -0.1) is 0 Å². The number of ether oxygens (including phenoxy) is 2. The van der Waals surface area contributed by atoms with Gasteiger partial charge in [-0.2, -0.15) is 4.98 Å². The van der Waals surface area contributed by atoms with Crippen molar-refractivity contribution in [2.45, 2.75) is 45.6 Å². The second kappa shape index (κ2) is 7.28. The van der Waals surface area contributed by atoms with Crippen molar-refractivity contribution in [1.82, 2.24) is 9.97 Å². The lowest BCUT2D eigenvalue weighted by molar-refractivity contribution is 0.0134. The van der Waals surface area contributed by atoms with E-state index in [9.17, 15) is 0 Å². The lowest BCUT2D eigenvalue weighted by Gasteiger charge is -2.22. The summed E-state index contributed by atoms with van der Waals surface area (Å²) in [6.45, 7) is 6.25. The van der Waals surface area contributed by atoms with Crippen LogP contribution in [-0.4, -0.2) is 35.8 Å². The maximum atomic E-state index is 5.70. The summed E-state index contributed by atoms with van der Waals surface area (Å²) < 4.78 is 11.1. The largest absolute Gasteiger partial charge is 0.478 e. The molecular weight excluding hydrogens is 242 g/mol. The number of hydrogen-bond donors (Lipinski definition) is 1. The molecule has 2 rings (SSSR count). The number of anilines is 1. The molecular formula is C14H23N3O2. The van der Waals surface area contributed by atoms with E-state index in [1.54, 1.807) is 0 Å². The average molecular weight is 265 g/mol. The van der Waals surface area contributed by atoms with Gasteiger partial charge in [0.25, 0.3) is 0 Å². The molecule has 1 aliphatic heterocycles. The fraction of sp³-hybridized carbons (Fsp3) is 0.714. The van der Waals surface area contributed by atoms with Gasteiger partial charge in [-0.3, -0.25) is 0 Å². The van der Waals surface area contributed by atoms with Crippen molar-refractivity contribution in [1.29, 1.82) is 0 Å². The van der Waals surface area contributed by atoms with E-state index < -0.39 is 0 Å². The van der Waals surface area contributed by atoms with Crippen molar-refractivity contribution in [3.63, 3.8) is 0 Å². The molecule has 1 N–H and O–H groups in total. The number of nitrogens with zero attached hydrogens (tertiary/aromatic N) is 2. The fourth-order valence-electron chi connectivity index (χ4n) is 2.22. The van der Waals surface area contributed by atoms with Crippen LogP contribution in [0.5, 0.6) is 5.88 Å². The number of nitrogens with one attached hydrogen (secondary N) is 1. The molecule has 1 saturated heterocycles. The minimum absolute atomic E-state index is 0.387. The summed E-state index contributed by atoms with van der Waals surface area (Å²) in [5, 5.41) is 3.25.